The molecule has 0 spiro atoms. The average Bonchev–Trinajstić information content (AvgIpc) is 2.47. The monoisotopic (exact) mass is 323 g/mol. The van der Waals surface area contributed by atoms with Crippen molar-refractivity contribution in [3.63, 3.8) is 0 Å². The highest BCUT2D eigenvalue weighted by Gasteiger charge is 2.30. The quantitative estimate of drug-likeness (QED) is 0.890. The highest BCUT2D eigenvalue weighted by molar-refractivity contribution is 8.01. The molecule has 3 nitrogen and oxygen atoms in total. The van der Waals surface area contributed by atoms with E-state index in [-0.39, 0.29) is 0 Å². The molecule has 1 atom stereocenters. The van der Waals surface area contributed by atoms with Gasteiger partial charge in [-0.1, -0.05) is 42.0 Å². The van der Waals surface area contributed by atoms with Crippen molar-refractivity contribution in [1.82, 2.24) is 4.90 Å². The summed E-state index contributed by atoms with van der Waals surface area (Å²) in [6.07, 6.45) is 7.06. The van der Waals surface area contributed by atoms with E-state index < -0.39 is 12.0 Å². The van der Waals surface area contributed by atoms with E-state index in [1.807, 2.05) is 34.8 Å². The third kappa shape index (κ3) is 4.13. The van der Waals surface area contributed by atoms with Crippen LogP contribution in [0, 0.1) is 0 Å². The van der Waals surface area contributed by atoms with Gasteiger partial charge in [-0.05, 0) is 35.3 Å². The molecule has 2 rings (SSSR count). The minimum absolute atomic E-state index is 0.501. The van der Waals surface area contributed by atoms with Gasteiger partial charge in [0.15, 0.2) is 0 Å². The summed E-state index contributed by atoms with van der Waals surface area (Å²) in [6.45, 7) is 1.35. The van der Waals surface area contributed by atoms with Crippen molar-refractivity contribution in [2.45, 2.75) is 12.5 Å². The van der Waals surface area contributed by atoms with Gasteiger partial charge in [0, 0.05) is 18.1 Å². The maximum atomic E-state index is 11.7. The van der Waals surface area contributed by atoms with Crippen LogP contribution in [0.3, 0.4) is 0 Å². The molecular formula is C16H18ClNO2S. The summed E-state index contributed by atoms with van der Waals surface area (Å²) < 4.78 is 0. The molecule has 0 aromatic heterocycles. The summed E-state index contributed by atoms with van der Waals surface area (Å²) in [5.74, 6) is -0.863. The minimum Gasteiger partial charge on any atom is -0.480 e. The molecule has 1 N–H and O–H groups in total. The van der Waals surface area contributed by atoms with Crippen molar-refractivity contribution in [3.8, 4) is 0 Å². The Morgan fingerprint density at radius 1 is 1.48 bits per heavy atom. The van der Waals surface area contributed by atoms with E-state index in [4.69, 9.17) is 11.6 Å². The lowest BCUT2D eigenvalue weighted by Gasteiger charge is -2.32. The Labute approximate surface area is 134 Å². The molecule has 1 aliphatic rings. The van der Waals surface area contributed by atoms with E-state index in [9.17, 15) is 9.90 Å². The zero-order valence-electron chi connectivity index (χ0n) is 11.8. The Hall–Kier alpha value is -1.23. The molecule has 0 saturated carbocycles. The molecule has 0 fully saturated rings. The first-order valence-electron chi connectivity index (χ1n) is 6.73. The molecule has 1 aromatic carbocycles. The van der Waals surface area contributed by atoms with Gasteiger partial charge in [-0.3, -0.25) is 9.69 Å². The van der Waals surface area contributed by atoms with Gasteiger partial charge in [0.2, 0.25) is 0 Å². The molecule has 1 heterocycles. The number of benzene rings is 1. The van der Waals surface area contributed by atoms with Crippen LogP contribution in [0.1, 0.15) is 18.0 Å². The number of halogens is 1. The lowest BCUT2D eigenvalue weighted by atomic mass is 10.0. The van der Waals surface area contributed by atoms with Gasteiger partial charge in [0.1, 0.15) is 6.04 Å². The minimum atomic E-state index is -0.863. The van der Waals surface area contributed by atoms with Crippen molar-refractivity contribution in [2.75, 3.05) is 19.3 Å². The van der Waals surface area contributed by atoms with Gasteiger partial charge in [-0.2, -0.15) is 0 Å². The van der Waals surface area contributed by atoms with E-state index in [1.165, 1.54) is 0 Å². The summed E-state index contributed by atoms with van der Waals surface area (Å²) in [7, 11) is 0. The lowest BCUT2D eigenvalue weighted by Crippen LogP contribution is -2.38. The standard InChI is InChI=1S/C16H18ClNO2S/c1-21-10-8-12-5-4-9-18(11-12)15(16(19)20)13-6-2-3-7-14(13)17/h2-3,5-8,10,15H,4,9,11H2,1H3,(H,19,20)/b10-8-. The third-order valence-electron chi connectivity index (χ3n) is 3.43. The van der Waals surface area contributed by atoms with Crippen molar-refractivity contribution < 1.29 is 9.90 Å². The first kappa shape index (κ1) is 16.1. The molecule has 112 valence electrons. The van der Waals surface area contributed by atoms with Crippen molar-refractivity contribution in [2.24, 2.45) is 0 Å². The fourth-order valence-corrected chi connectivity index (χ4v) is 3.02. The molecule has 21 heavy (non-hydrogen) atoms. The van der Waals surface area contributed by atoms with Crippen molar-refractivity contribution >= 4 is 29.3 Å². The highest BCUT2D eigenvalue weighted by Crippen LogP contribution is 2.30. The molecule has 1 unspecified atom stereocenters. The Morgan fingerprint density at radius 3 is 2.90 bits per heavy atom. The molecule has 1 aromatic rings. The van der Waals surface area contributed by atoms with Crippen LogP contribution in [0.2, 0.25) is 5.02 Å². The molecule has 0 radical (unpaired) electrons. The van der Waals surface area contributed by atoms with Gasteiger partial charge in [0.25, 0.3) is 0 Å². The molecular weight excluding hydrogens is 306 g/mol. The van der Waals surface area contributed by atoms with Crippen LogP contribution in [0.25, 0.3) is 0 Å². The smallest absolute Gasteiger partial charge is 0.325 e. The van der Waals surface area contributed by atoms with Crippen molar-refractivity contribution in [3.05, 3.63) is 58.0 Å². The number of rotatable bonds is 5. The van der Waals surface area contributed by atoms with Crippen LogP contribution in [-0.2, 0) is 4.79 Å². The van der Waals surface area contributed by atoms with Crippen LogP contribution < -0.4 is 0 Å². The van der Waals surface area contributed by atoms with E-state index in [1.54, 1.807) is 23.9 Å². The van der Waals surface area contributed by atoms with Gasteiger partial charge in [-0.15, -0.1) is 11.8 Å². The van der Waals surface area contributed by atoms with Gasteiger partial charge >= 0.3 is 5.97 Å². The fourth-order valence-electron chi connectivity index (χ4n) is 2.47. The van der Waals surface area contributed by atoms with Crippen LogP contribution in [0.4, 0.5) is 0 Å². The second kappa shape index (κ2) is 7.69. The number of thioether (sulfide) groups is 1. The first-order chi connectivity index (χ1) is 10.1. The van der Waals surface area contributed by atoms with Crippen molar-refractivity contribution in [1.29, 1.82) is 0 Å². The number of hydrogen-bond donors (Lipinski definition) is 1. The summed E-state index contributed by atoms with van der Waals surface area (Å²) >= 11 is 7.81. The van der Waals surface area contributed by atoms with Gasteiger partial charge < -0.3 is 5.11 Å². The molecule has 0 aliphatic carbocycles. The molecule has 0 saturated heterocycles. The van der Waals surface area contributed by atoms with Crippen LogP contribution in [0.5, 0.6) is 0 Å². The second-order valence-electron chi connectivity index (χ2n) is 4.84. The Balaban J connectivity index is 2.24. The Morgan fingerprint density at radius 2 is 2.24 bits per heavy atom. The third-order valence-corrected chi connectivity index (χ3v) is 4.18. The Bertz CT molecular complexity index is 571. The number of hydrogen-bond acceptors (Lipinski definition) is 3. The van der Waals surface area contributed by atoms with E-state index in [0.717, 1.165) is 18.5 Å². The normalized spacial score (nSPS) is 17.7. The number of aliphatic carboxylic acids is 1. The maximum absolute atomic E-state index is 11.7. The maximum Gasteiger partial charge on any atom is 0.325 e. The van der Waals surface area contributed by atoms with Gasteiger partial charge in [-0.25, -0.2) is 0 Å². The first-order valence-corrected chi connectivity index (χ1v) is 8.39. The van der Waals surface area contributed by atoms with Crippen LogP contribution in [0.15, 0.2) is 47.4 Å². The molecule has 0 bridgehead atoms. The number of carbonyl (C=O) groups is 1. The zero-order chi connectivity index (χ0) is 15.2. The molecule has 0 amide bonds. The number of nitrogens with zero attached hydrogens (tertiary/aromatic N) is 1. The Kier molecular flexibility index (Phi) is 5.91. The SMILES string of the molecule is CS/C=C\C1=CCCN(C(C(=O)O)c2ccccc2Cl)C1. The largest absolute Gasteiger partial charge is 0.480 e. The fraction of sp³-hybridized carbons (Fsp3) is 0.312. The van der Waals surface area contributed by atoms with Crippen LogP contribution >= 0.6 is 23.4 Å². The van der Waals surface area contributed by atoms with Gasteiger partial charge in [0.05, 0.1) is 0 Å². The summed E-state index contributed by atoms with van der Waals surface area (Å²) in [4.78, 5) is 13.7. The average molecular weight is 324 g/mol. The summed E-state index contributed by atoms with van der Waals surface area (Å²) in [5.41, 5.74) is 1.80. The second-order valence-corrected chi connectivity index (χ2v) is 5.99. The predicted molar refractivity (Wildman–Crippen MR) is 88.8 cm³/mol. The van der Waals surface area contributed by atoms with E-state index >= 15 is 0 Å². The topological polar surface area (TPSA) is 40.5 Å². The highest BCUT2D eigenvalue weighted by atomic mass is 35.5. The number of carboxylic acids is 1. The van der Waals surface area contributed by atoms with E-state index in [2.05, 4.69) is 6.08 Å². The van der Waals surface area contributed by atoms with Crippen LogP contribution in [-0.4, -0.2) is 35.3 Å². The summed E-state index contributed by atoms with van der Waals surface area (Å²) in [6, 6.07) is 6.46. The lowest BCUT2D eigenvalue weighted by molar-refractivity contribution is -0.143. The molecule has 1 aliphatic heterocycles. The zero-order valence-corrected chi connectivity index (χ0v) is 13.4. The predicted octanol–water partition coefficient (Wildman–Crippen LogP) is 3.97. The van der Waals surface area contributed by atoms with E-state index in [0.29, 0.717) is 17.1 Å². The molecule has 5 heteroatoms. The number of carboxylic acid groups (broad SMARTS) is 1. The summed E-state index contributed by atoms with van der Waals surface area (Å²) in [5, 5.41) is 12.1.